The molecule has 0 aromatic rings. The van der Waals surface area contributed by atoms with Crippen LogP contribution in [0.25, 0.3) is 0 Å². The van der Waals surface area contributed by atoms with E-state index in [9.17, 15) is 18.0 Å². The Hall–Kier alpha value is -1.27. The van der Waals surface area contributed by atoms with Gasteiger partial charge in [-0.1, -0.05) is 0 Å². The van der Waals surface area contributed by atoms with Crippen LogP contribution in [0.3, 0.4) is 0 Å². The van der Waals surface area contributed by atoms with Crippen molar-refractivity contribution in [2.75, 3.05) is 6.61 Å². The van der Waals surface area contributed by atoms with E-state index in [4.69, 9.17) is 0 Å². The summed E-state index contributed by atoms with van der Waals surface area (Å²) in [6.07, 6.45) is -4.86. The minimum absolute atomic E-state index is 0.120. The highest BCUT2D eigenvalue weighted by atomic mass is 19.4. The number of hydrazone groups is 1. The summed E-state index contributed by atoms with van der Waals surface area (Å²) in [7, 11) is 0. The van der Waals surface area contributed by atoms with Crippen molar-refractivity contribution < 1.29 is 22.7 Å². The Kier molecular flexibility index (Phi) is 2.97. The van der Waals surface area contributed by atoms with Gasteiger partial charge in [0.15, 0.2) is 0 Å². The van der Waals surface area contributed by atoms with Gasteiger partial charge in [0, 0.05) is 6.42 Å². The van der Waals surface area contributed by atoms with Gasteiger partial charge in [0.05, 0.1) is 6.61 Å². The molecule has 4 nitrogen and oxygen atoms in total. The van der Waals surface area contributed by atoms with Gasteiger partial charge in [-0.15, -0.1) is 0 Å². The molecule has 0 amide bonds. The fraction of sp³-hybridized carbons (Fsp3) is 0.714. The van der Waals surface area contributed by atoms with Crippen molar-refractivity contribution in [3.05, 3.63) is 0 Å². The van der Waals surface area contributed by atoms with Gasteiger partial charge in [-0.2, -0.15) is 18.3 Å². The molecule has 1 N–H and O–H groups in total. The van der Waals surface area contributed by atoms with Crippen LogP contribution in [-0.4, -0.2) is 30.5 Å². The zero-order valence-corrected chi connectivity index (χ0v) is 7.39. The molecule has 1 aliphatic heterocycles. The summed E-state index contributed by atoms with van der Waals surface area (Å²) in [6, 6.07) is -1.78. The molecule has 1 atom stereocenters. The first-order chi connectivity index (χ1) is 6.45. The maximum absolute atomic E-state index is 12.1. The number of alkyl halides is 3. The Morgan fingerprint density at radius 2 is 2.36 bits per heavy atom. The quantitative estimate of drug-likeness (QED) is 0.687. The Bertz CT molecular complexity index is 262. The minimum atomic E-state index is -4.39. The second-order valence-corrected chi connectivity index (χ2v) is 2.71. The SMILES string of the molecule is CCOC(=O)C1=NNC(C(F)(F)F)C1. The Morgan fingerprint density at radius 1 is 1.71 bits per heavy atom. The van der Waals surface area contributed by atoms with Crippen molar-refractivity contribution in [1.29, 1.82) is 0 Å². The number of nitrogens with zero attached hydrogens (tertiary/aromatic N) is 1. The van der Waals surface area contributed by atoms with E-state index in [0.29, 0.717) is 0 Å². The molecule has 0 radical (unpaired) electrons. The molecule has 1 heterocycles. The molecule has 0 bridgehead atoms. The summed E-state index contributed by atoms with van der Waals surface area (Å²) >= 11 is 0. The second-order valence-electron chi connectivity index (χ2n) is 2.71. The largest absolute Gasteiger partial charge is 0.461 e. The predicted octanol–water partition coefficient (Wildman–Crippen LogP) is 0.830. The number of carbonyl (C=O) groups excluding carboxylic acids is 1. The lowest BCUT2D eigenvalue weighted by Gasteiger charge is -2.12. The van der Waals surface area contributed by atoms with Crippen LogP contribution < -0.4 is 5.43 Å². The summed E-state index contributed by atoms with van der Waals surface area (Å²) in [4.78, 5) is 11.0. The van der Waals surface area contributed by atoms with E-state index in [-0.39, 0.29) is 12.3 Å². The molecule has 0 saturated carbocycles. The highest BCUT2D eigenvalue weighted by molar-refractivity contribution is 6.36. The third-order valence-corrected chi connectivity index (χ3v) is 1.66. The Balaban J connectivity index is 2.52. The molecule has 7 heteroatoms. The smallest absolute Gasteiger partial charge is 0.410 e. The number of rotatable bonds is 2. The number of hydrogen-bond donors (Lipinski definition) is 1. The molecule has 0 fully saturated rings. The normalized spacial score (nSPS) is 21.4. The number of carbonyl (C=O) groups is 1. The van der Waals surface area contributed by atoms with Crippen molar-refractivity contribution >= 4 is 11.7 Å². The lowest BCUT2D eigenvalue weighted by molar-refractivity contribution is -0.152. The van der Waals surface area contributed by atoms with Crippen LogP contribution >= 0.6 is 0 Å². The predicted molar refractivity (Wildman–Crippen MR) is 41.7 cm³/mol. The fourth-order valence-electron chi connectivity index (χ4n) is 0.973. The van der Waals surface area contributed by atoms with Crippen molar-refractivity contribution in [1.82, 2.24) is 5.43 Å². The second kappa shape index (κ2) is 3.85. The van der Waals surface area contributed by atoms with Gasteiger partial charge in [-0.25, -0.2) is 4.79 Å². The molecule has 0 aromatic carbocycles. The molecule has 0 aromatic heterocycles. The van der Waals surface area contributed by atoms with Crippen LogP contribution in [0.4, 0.5) is 13.2 Å². The molecular formula is C7H9F3N2O2. The third kappa shape index (κ3) is 2.36. The summed E-state index contributed by atoms with van der Waals surface area (Å²) in [5.41, 5.74) is 1.63. The molecular weight excluding hydrogens is 201 g/mol. The number of ether oxygens (including phenoxy) is 1. The molecule has 1 rings (SSSR count). The first kappa shape index (κ1) is 10.8. The van der Waals surface area contributed by atoms with E-state index in [1.165, 1.54) is 0 Å². The lowest BCUT2D eigenvalue weighted by atomic mass is 10.1. The van der Waals surface area contributed by atoms with Crippen LogP contribution in [0.2, 0.25) is 0 Å². The zero-order chi connectivity index (χ0) is 10.8. The molecule has 0 aliphatic carbocycles. The van der Waals surface area contributed by atoms with E-state index in [0.717, 1.165) is 0 Å². The molecule has 14 heavy (non-hydrogen) atoms. The molecule has 0 saturated heterocycles. The van der Waals surface area contributed by atoms with Crippen molar-refractivity contribution in [2.45, 2.75) is 25.6 Å². The Labute approximate surface area is 78.1 Å². The summed E-state index contributed by atoms with van der Waals surface area (Å²) in [5, 5.41) is 3.27. The lowest BCUT2D eigenvalue weighted by Crippen LogP contribution is -2.36. The average molecular weight is 210 g/mol. The van der Waals surface area contributed by atoms with E-state index >= 15 is 0 Å². The first-order valence-corrected chi connectivity index (χ1v) is 4.01. The first-order valence-electron chi connectivity index (χ1n) is 4.01. The monoisotopic (exact) mass is 210 g/mol. The molecule has 1 unspecified atom stereocenters. The van der Waals surface area contributed by atoms with E-state index < -0.39 is 24.6 Å². The van der Waals surface area contributed by atoms with Gasteiger partial charge >= 0.3 is 12.1 Å². The fourth-order valence-corrected chi connectivity index (χ4v) is 0.973. The van der Waals surface area contributed by atoms with Gasteiger partial charge in [-0.3, -0.25) is 5.43 Å². The van der Waals surface area contributed by atoms with Gasteiger partial charge in [0.1, 0.15) is 11.8 Å². The van der Waals surface area contributed by atoms with Crippen LogP contribution in [0.15, 0.2) is 5.10 Å². The standard InChI is InChI=1S/C7H9F3N2O2/c1-2-14-6(13)4-3-5(12-11-4)7(8,9)10/h5,12H,2-3H2,1H3. The van der Waals surface area contributed by atoms with Crippen LogP contribution in [0.1, 0.15) is 13.3 Å². The van der Waals surface area contributed by atoms with Gasteiger partial charge < -0.3 is 4.74 Å². The minimum Gasteiger partial charge on any atom is -0.461 e. The molecule has 1 aliphatic rings. The van der Waals surface area contributed by atoms with Gasteiger partial charge in [-0.05, 0) is 6.92 Å². The van der Waals surface area contributed by atoms with Crippen LogP contribution in [-0.2, 0) is 9.53 Å². The van der Waals surface area contributed by atoms with Crippen molar-refractivity contribution in [3.63, 3.8) is 0 Å². The van der Waals surface area contributed by atoms with Gasteiger partial charge in [0.2, 0.25) is 0 Å². The Morgan fingerprint density at radius 3 is 2.79 bits per heavy atom. The third-order valence-electron chi connectivity index (χ3n) is 1.66. The number of esters is 1. The van der Waals surface area contributed by atoms with Crippen molar-refractivity contribution in [2.24, 2.45) is 5.10 Å². The maximum atomic E-state index is 12.1. The summed E-state index contributed by atoms with van der Waals surface area (Å²) < 4.78 is 40.8. The van der Waals surface area contributed by atoms with E-state index in [2.05, 4.69) is 9.84 Å². The number of hydrogen-bond acceptors (Lipinski definition) is 4. The average Bonchev–Trinajstić information content (AvgIpc) is 2.51. The topological polar surface area (TPSA) is 50.7 Å². The van der Waals surface area contributed by atoms with Crippen LogP contribution in [0, 0.1) is 0 Å². The van der Waals surface area contributed by atoms with Gasteiger partial charge in [0.25, 0.3) is 0 Å². The highest BCUT2D eigenvalue weighted by Crippen LogP contribution is 2.25. The number of nitrogens with one attached hydrogen (secondary N) is 1. The summed E-state index contributed by atoms with van der Waals surface area (Å²) in [6.45, 7) is 1.69. The molecule has 0 spiro atoms. The summed E-state index contributed by atoms with van der Waals surface area (Å²) in [5.74, 6) is -0.799. The van der Waals surface area contributed by atoms with E-state index in [1.807, 2.05) is 5.43 Å². The maximum Gasteiger partial charge on any atom is 0.410 e. The molecule has 80 valence electrons. The van der Waals surface area contributed by atoms with Crippen molar-refractivity contribution in [3.8, 4) is 0 Å². The zero-order valence-electron chi connectivity index (χ0n) is 7.39. The highest BCUT2D eigenvalue weighted by Gasteiger charge is 2.44. The van der Waals surface area contributed by atoms with E-state index in [1.54, 1.807) is 6.92 Å². The number of halogens is 3. The van der Waals surface area contributed by atoms with Crippen LogP contribution in [0.5, 0.6) is 0 Å².